The normalized spacial score (nSPS) is 20.7. The molecule has 1 aliphatic carbocycles. The smallest absolute Gasteiger partial charge is 0.132 e. The van der Waals surface area contributed by atoms with Crippen LogP contribution in [0.2, 0.25) is 5.02 Å². The van der Waals surface area contributed by atoms with E-state index in [9.17, 15) is 0 Å². The Bertz CT molecular complexity index is 1220. The summed E-state index contributed by atoms with van der Waals surface area (Å²) < 4.78 is 19.9. The second-order valence-corrected chi connectivity index (χ2v) is 12.1. The average molecular weight is 548 g/mol. The molecular formula is C34H42ClNO3. The zero-order valence-electron chi connectivity index (χ0n) is 23.5. The summed E-state index contributed by atoms with van der Waals surface area (Å²) in [5, 5.41) is 4.30. The van der Waals surface area contributed by atoms with Crippen LogP contribution in [0.1, 0.15) is 80.7 Å². The summed E-state index contributed by atoms with van der Waals surface area (Å²) in [4.78, 5) is 0. The van der Waals surface area contributed by atoms with Crippen LogP contribution in [0.5, 0.6) is 5.75 Å². The Kier molecular flexibility index (Phi) is 9.17. The molecule has 2 atom stereocenters. The molecule has 0 radical (unpaired) electrons. The van der Waals surface area contributed by atoms with Crippen molar-refractivity contribution in [1.29, 1.82) is 0 Å². The molecule has 1 N–H and O–H groups in total. The molecule has 2 unspecified atom stereocenters. The summed E-state index contributed by atoms with van der Waals surface area (Å²) in [6.07, 6.45) is 7.26. The molecule has 0 bridgehead atoms. The highest BCUT2D eigenvalue weighted by molar-refractivity contribution is 6.31. The van der Waals surface area contributed by atoms with E-state index in [2.05, 4.69) is 68.6 Å². The van der Waals surface area contributed by atoms with Crippen LogP contribution in [0.25, 0.3) is 0 Å². The first-order valence-corrected chi connectivity index (χ1v) is 14.9. The quantitative estimate of drug-likeness (QED) is 0.275. The molecule has 3 aromatic rings. The molecule has 4 nitrogen and oxygen atoms in total. The zero-order valence-corrected chi connectivity index (χ0v) is 24.3. The van der Waals surface area contributed by atoms with E-state index >= 15 is 0 Å². The maximum atomic E-state index is 6.74. The predicted molar refractivity (Wildman–Crippen MR) is 160 cm³/mol. The topological polar surface area (TPSA) is 39.7 Å². The largest absolute Gasteiger partial charge is 0.485 e. The van der Waals surface area contributed by atoms with Gasteiger partial charge in [0, 0.05) is 29.4 Å². The fraction of sp³-hybridized carbons (Fsp3) is 0.471. The summed E-state index contributed by atoms with van der Waals surface area (Å²) in [6, 6.07) is 22.8. The number of nitrogens with one attached hydrogen (secondary N) is 1. The van der Waals surface area contributed by atoms with E-state index in [-0.39, 0.29) is 12.2 Å². The van der Waals surface area contributed by atoms with Crippen LogP contribution in [-0.4, -0.2) is 18.3 Å². The first-order chi connectivity index (χ1) is 18.9. The highest BCUT2D eigenvalue weighted by Gasteiger charge is 2.46. The molecule has 1 aliphatic heterocycles. The standard InChI is InChI=1S/C34H42ClNO3/c1-24-13-15-26(16-14-24)22-36-28-17-18-31-29(21-28)32(37-20-19-25-9-5-4-6-10-25)33(34(2,3)39-31)38-23-27-11-7-8-12-30(27)35/h7-8,11-18,21,25,32-33,36H,4-6,9-10,19-20,22-23H2,1-3H3. The van der Waals surface area contributed by atoms with E-state index in [1.165, 1.54) is 43.2 Å². The molecule has 0 amide bonds. The van der Waals surface area contributed by atoms with Gasteiger partial charge in [0.1, 0.15) is 23.6 Å². The van der Waals surface area contributed by atoms with Crippen LogP contribution in [0.15, 0.2) is 66.7 Å². The summed E-state index contributed by atoms with van der Waals surface area (Å²) in [6.45, 7) is 8.17. The number of fused-ring (bicyclic) bond motifs is 1. The molecule has 1 saturated carbocycles. The molecule has 1 fully saturated rings. The van der Waals surface area contributed by atoms with Crippen molar-refractivity contribution in [3.05, 3.63) is 94.0 Å². The van der Waals surface area contributed by atoms with Crippen molar-refractivity contribution in [2.45, 2.75) is 90.3 Å². The minimum absolute atomic E-state index is 0.240. The van der Waals surface area contributed by atoms with Gasteiger partial charge in [-0.15, -0.1) is 0 Å². The van der Waals surface area contributed by atoms with Crippen molar-refractivity contribution < 1.29 is 14.2 Å². The van der Waals surface area contributed by atoms with Crippen molar-refractivity contribution in [3.8, 4) is 5.75 Å². The van der Waals surface area contributed by atoms with Gasteiger partial charge in [-0.2, -0.15) is 0 Å². The van der Waals surface area contributed by atoms with Crippen LogP contribution in [0.4, 0.5) is 5.69 Å². The third-order valence-electron chi connectivity index (χ3n) is 8.19. The lowest BCUT2D eigenvalue weighted by molar-refractivity contribution is -0.168. The van der Waals surface area contributed by atoms with E-state index in [1.54, 1.807) is 0 Å². The maximum absolute atomic E-state index is 6.74. The highest BCUT2D eigenvalue weighted by atomic mass is 35.5. The van der Waals surface area contributed by atoms with Gasteiger partial charge in [0.25, 0.3) is 0 Å². The molecule has 1 heterocycles. The first kappa shape index (κ1) is 28.0. The Morgan fingerprint density at radius 3 is 2.49 bits per heavy atom. The maximum Gasteiger partial charge on any atom is 0.132 e. The van der Waals surface area contributed by atoms with Crippen LogP contribution in [0.3, 0.4) is 0 Å². The van der Waals surface area contributed by atoms with Gasteiger partial charge in [-0.1, -0.05) is 91.7 Å². The van der Waals surface area contributed by atoms with Gasteiger partial charge in [0.05, 0.1) is 6.61 Å². The lowest BCUT2D eigenvalue weighted by atomic mass is 9.86. The van der Waals surface area contributed by atoms with Crippen molar-refractivity contribution >= 4 is 17.3 Å². The van der Waals surface area contributed by atoms with Crippen molar-refractivity contribution in [3.63, 3.8) is 0 Å². The Morgan fingerprint density at radius 2 is 1.72 bits per heavy atom. The SMILES string of the molecule is Cc1ccc(CNc2ccc3c(c2)C(OCCC2CCCCC2)C(OCc2ccccc2Cl)C(C)(C)O3)cc1. The second-order valence-electron chi connectivity index (χ2n) is 11.7. The van der Waals surface area contributed by atoms with Crippen LogP contribution in [-0.2, 0) is 22.6 Å². The van der Waals surface area contributed by atoms with E-state index in [1.807, 2.05) is 24.3 Å². The Balaban J connectivity index is 1.37. The molecule has 0 saturated heterocycles. The molecule has 5 heteroatoms. The van der Waals surface area contributed by atoms with Gasteiger partial charge in [-0.05, 0) is 68.5 Å². The van der Waals surface area contributed by atoms with E-state index in [4.69, 9.17) is 25.8 Å². The number of anilines is 1. The Hall–Kier alpha value is -2.53. The molecule has 0 aromatic heterocycles. The van der Waals surface area contributed by atoms with Crippen LogP contribution < -0.4 is 10.1 Å². The summed E-state index contributed by atoms with van der Waals surface area (Å²) in [5.41, 5.74) is 5.00. The van der Waals surface area contributed by atoms with Gasteiger partial charge in [0.15, 0.2) is 0 Å². The molecule has 5 rings (SSSR count). The van der Waals surface area contributed by atoms with Gasteiger partial charge < -0.3 is 19.5 Å². The Morgan fingerprint density at radius 1 is 0.949 bits per heavy atom. The first-order valence-electron chi connectivity index (χ1n) is 14.5. The van der Waals surface area contributed by atoms with Gasteiger partial charge in [-0.3, -0.25) is 0 Å². The molecule has 0 spiro atoms. The molecule has 39 heavy (non-hydrogen) atoms. The third-order valence-corrected chi connectivity index (χ3v) is 8.56. The minimum atomic E-state index is -0.569. The van der Waals surface area contributed by atoms with Gasteiger partial charge in [-0.25, -0.2) is 0 Å². The summed E-state index contributed by atoms with van der Waals surface area (Å²) in [5.74, 6) is 1.62. The lowest BCUT2D eigenvalue weighted by Gasteiger charge is -2.44. The number of benzene rings is 3. The van der Waals surface area contributed by atoms with E-state index in [0.29, 0.717) is 11.6 Å². The van der Waals surface area contributed by atoms with Crippen LogP contribution in [0, 0.1) is 12.8 Å². The van der Waals surface area contributed by atoms with Crippen molar-refractivity contribution in [2.24, 2.45) is 5.92 Å². The number of hydrogen-bond acceptors (Lipinski definition) is 4. The number of rotatable bonds is 10. The summed E-state index contributed by atoms with van der Waals surface area (Å²) in [7, 11) is 0. The lowest BCUT2D eigenvalue weighted by Crippen LogP contribution is -2.51. The second kappa shape index (κ2) is 12.8. The third kappa shape index (κ3) is 7.16. The fourth-order valence-corrected chi connectivity index (χ4v) is 6.04. The zero-order chi connectivity index (χ0) is 27.2. The molecular weight excluding hydrogens is 506 g/mol. The number of ether oxygens (including phenoxy) is 3. The number of halogens is 1. The monoisotopic (exact) mass is 547 g/mol. The van der Waals surface area contributed by atoms with Crippen molar-refractivity contribution in [1.82, 2.24) is 0 Å². The summed E-state index contributed by atoms with van der Waals surface area (Å²) >= 11 is 6.46. The van der Waals surface area contributed by atoms with Gasteiger partial charge in [0.2, 0.25) is 0 Å². The minimum Gasteiger partial charge on any atom is -0.485 e. The van der Waals surface area contributed by atoms with Crippen LogP contribution >= 0.6 is 11.6 Å². The Labute approximate surface area is 239 Å². The highest BCUT2D eigenvalue weighted by Crippen LogP contribution is 2.45. The van der Waals surface area contributed by atoms with Gasteiger partial charge >= 0.3 is 0 Å². The number of hydrogen-bond donors (Lipinski definition) is 1. The average Bonchev–Trinajstić information content (AvgIpc) is 2.93. The molecule has 2 aliphatic rings. The van der Waals surface area contributed by atoms with E-state index < -0.39 is 5.60 Å². The molecule has 3 aromatic carbocycles. The fourth-order valence-electron chi connectivity index (χ4n) is 5.85. The predicted octanol–water partition coefficient (Wildman–Crippen LogP) is 9.05. The number of aryl methyl sites for hydroxylation is 1. The van der Waals surface area contributed by atoms with E-state index in [0.717, 1.165) is 48.1 Å². The molecule has 208 valence electrons. The van der Waals surface area contributed by atoms with Crippen molar-refractivity contribution in [2.75, 3.05) is 11.9 Å².